The van der Waals surface area contributed by atoms with Crippen LogP contribution in [0.2, 0.25) is 0 Å². The number of nitrogens with zero attached hydrogens (tertiary/aromatic N) is 1. The van der Waals surface area contributed by atoms with Crippen LogP contribution in [0.3, 0.4) is 0 Å². The summed E-state index contributed by atoms with van der Waals surface area (Å²) in [4.78, 5) is 2.23. The molecule has 114 valence electrons. The van der Waals surface area contributed by atoms with Crippen LogP contribution in [-0.4, -0.2) is 40.0 Å². The van der Waals surface area contributed by atoms with Crippen LogP contribution in [-0.2, 0) is 10.0 Å². The van der Waals surface area contributed by atoms with Gasteiger partial charge in [0.25, 0.3) is 0 Å². The molecule has 20 heavy (non-hydrogen) atoms. The summed E-state index contributed by atoms with van der Waals surface area (Å²) in [5, 5.41) is 0. The fraction of sp³-hybridized carbons (Fsp3) is 0.571. The summed E-state index contributed by atoms with van der Waals surface area (Å²) in [6.07, 6.45) is 0.798. The molecule has 1 rings (SSSR count). The number of hydrogen-bond donors (Lipinski definition) is 2. The van der Waals surface area contributed by atoms with E-state index in [-0.39, 0.29) is 10.9 Å². The fourth-order valence-electron chi connectivity index (χ4n) is 2.10. The van der Waals surface area contributed by atoms with Crippen molar-refractivity contribution in [3.05, 3.63) is 24.3 Å². The molecular weight excluding hydrogens is 274 g/mol. The van der Waals surface area contributed by atoms with Gasteiger partial charge in [0, 0.05) is 18.3 Å². The van der Waals surface area contributed by atoms with Crippen molar-refractivity contribution in [2.45, 2.75) is 31.2 Å². The molecule has 0 bridgehead atoms. The highest BCUT2D eigenvalue weighted by Gasteiger charge is 2.21. The van der Waals surface area contributed by atoms with Crippen LogP contribution in [0.4, 0.5) is 5.69 Å². The molecule has 0 saturated carbocycles. The van der Waals surface area contributed by atoms with E-state index >= 15 is 0 Å². The van der Waals surface area contributed by atoms with Gasteiger partial charge in [-0.3, -0.25) is 0 Å². The third-order valence-corrected chi connectivity index (χ3v) is 4.39. The highest BCUT2D eigenvalue weighted by molar-refractivity contribution is 7.89. The lowest BCUT2D eigenvalue weighted by molar-refractivity contribution is 0.329. The van der Waals surface area contributed by atoms with E-state index in [4.69, 9.17) is 5.73 Å². The van der Waals surface area contributed by atoms with Crippen molar-refractivity contribution in [3.63, 3.8) is 0 Å². The summed E-state index contributed by atoms with van der Waals surface area (Å²) in [5.74, 6) is 0.425. The Morgan fingerprint density at radius 3 is 2.20 bits per heavy atom. The Bertz CT molecular complexity index is 500. The molecule has 0 saturated heterocycles. The number of rotatable bonds is 7. The summed E-state index contributed by atoms with van der Waals surface area (Å²) < 4.78 is 27.5. The molecule has 0 aliphatic rings. The maximum Gasteiger partial charge on any atom is 0.240 e. The second kappa shape index (κ2) is 7.06. The molecule has 0 heterocycles. The molecule has 0 radical (unpaired) electrons. The first-order chi connectivity index (χ1) is 9.20. The zero-order valence-electron chi connectivity index (χ0n) is 12.6. The van der Waals surface area contributed by atoms with Crippen molar-refractivity contribution in [3.8, 4) is 0 Å². The Kier molecular flexibility index (Phi) is 5.98. The van der Waals surface area contributed by atoms with Crippen LogP contribution in [0.25, 0.3) is 0 Å². The van der Waals surface area contributed by atoms with Crippen molar-refractivity contribution in [2.24, 2.45) is 5.92 Å². The number of hydrogen-bond acceptors (Lipinski definition) is 4. The van der Waals surface area contributed by atoms with Crippen molar-refractivity contribution < 1.29 is 8.42 Å². The average molecular weight is 299 g/mol. The molecular formula is C14H25N3O2S. The second-order valence-electron chi connectivity index (χ2n) is 5.78. The number of likely N-dealkylation sites (N-methyl/N-ethyl adjacent to an activating group) is 1. The second-order valence-corrected chi connectivity index (χ2v) is 7.49. The molecule has 1 aromatic rings. The number of nitrogens with one attached hydrogen (secondary N) is 1. The Balaban J connectivity index is 2.87. The number of sulfonamides is 1. The van der Waals surface area contributed by atoms with E-state index in [0.717, 1.165) is 6.42 Å². The zero-order valence-corrected chi connectivity index (χ0v) is 13.4. The number of benzene rings is 1. The summed E-state index contributed by atoms with van der Waals surface area (Å²) in [5.41, 5.74) is 6.13. The monoisotopic (exact) mass is 299 g/mol. The van der Waals surface area contributed by atoms with Gasteiger partial charge < -0.3 is 10.6 Å². The number of anilines is 1. The number of nitrogens with two attached hydrogens (primary N) is 1. The van der Waals surface area contributed by atoms with Gasteiger partial charge in [0.05, 0.1) is 4.90 Å². The summed E-state index contributed by atoms with van der Waals surface area (Å²) in [6, 6.07) is 6.14. The van der Waals surface area contributed by atoms with Gasteiger partial charge in [-0.15, -0.1) is 0 Å². The molecule has 0 aromatic heterocycles. The third kappa shape index (κ3) is 5.48. The predicted molar refractivity (Wildman–Crippen MR) is 83.0 cm³/mol. The maximum absolute atomic E-state index is 12.3. The zero-order chi connectivity index (χ0) is 15.3. The molecule has 0 aliphatic heterocycles. The van der Waals surface area contributed by atoms with Crippen LogP contribution >= 0.6 is 0 Å². The van der Waals surface area contributed by atoms with E-state index in [0.29, 0.717) is 18.2 Å². The van der Waals surface area contributed by atoms with Crippen molar-refractivity contribution >= 4 is 15.7 Å². The largest absolute Gasteiger partial charge is 0.399 e. The molecule has 6 heteroatoms. The maximum atomic E-state index is 12.3. The SMILES string of the molecule is CC(C)CC(CN(C)C)NS(=O)(=O)c1ccc(N)cc1. The quantitative estimate of drug-likeness (QED) is 0.749. The standard InChI is InChI=1S/C14H25N3O2S/c1-11(2)9-13(10-17(3)4)16-20(18,19)14-7-5-12(15)6-8-14/h5-8,11,13,16H,9-10,15H2,1-4H3. The normalized spacial score (nSPS) is 13.9. The number of nitrogen functional groups attached to an aromatic ring is 1. The molecule has 0 aliphatic carbocycles. The topological polar surface area (TPSA) is 75.4 Å². The molecule has 3 N–H and O–H groups in total. The van der Waals surface area contributed by atoms with E-state index in [1.54, 1.807) is 12.1 Å². The van der Waals surface area contributed by atoms with Gasteiger partial charge in [0.1, 0.15) is 0 Å². The van der Waals surface area contributed by atoms with Gasteiger partial charge in [-0.2, -0.15) is 0 Å². The van der Waals surface area contributed by atoms with E-state index < -0.39 is 10.0 Å². The molecule has 1 unspecified atom stereocenters. The van der Waals surface area contributed by atoms with E-state index in [1.165, 1.54) is 12.1 Å². The Morgan fingerprint density at radius 1 is 1.20 bits per heavy atom. The molecule has 0 spiro atoms. The van der Waals surface area contributed by atoms with Gasteiger partial charge in [0.2, 0.25) is 10.0 Å². The fourth-order valence-corrected chi connectivity index (χ4v) is 3.34. The van der Waals surface area contributed by atoms with Gasteiger partial charge in [-0.1, -0.05) is 13.8 Å². The molecule has 0 fully saturated rings. The minimum absolute atomic E-state index is 0.104. The first-order valence-electron chi connectivity index (χ1n) is 6.73. The highest BCUT2D eigenvalue weighted by atomic mass is 32.2. The summed E-state index contributed by atoms with van der Waals surface area (Å²) in [6.45, 7) is 4.84. The van der Waals surface area contributed by atoms with E-state index in [1.807, 2.05) is 19.0 Å². The van der Waals surface area contributed by atoms with E-state index in [2.05, 4.69) is 18.6 Å². The Morgan fingerprint density at radius 2 is 1.75 bits per heavy atom. The smallest absolute Gasteiger partial charge is 0.240 e. The first kappa shape index (κ1) is 16.9. The first-order valence-corrected chi connectivity index (χ1v) is 8.21. The van der Waals surface area contributed by atoms with Crippen molar-refractivity contribution in [2.75, 3.05) is 26.4 Å². The minimum atomic E-state index is -3.50. The lowest BCUT2D eigenvalue weighted by Gasteiger charge is -2.23. The van der Waals surface area contributed by atoms with Crippen LogP contribution in [0.15, 0.2) is 29.2 Å². The molecule has 5 nitrogen and oxygen atoms in total. The highest BCUT2D eigenvalue weighted by Crippen LogP contribution is 2.14. The summed E-state index contributed by atoms with van der Waals surface area (Å²) >= 11 is 0. The molecule has 1 atom stereocenters. The van der Waals surface area contributed by atoms with Crippen LogP contribution in [0.5, 0.6) is 0 Å². The minimum Gasteiger partial charge on any atom is -0.399 e. The van der Waals surface area contributed by atoms with Gasteiger partial charge in [-0.25, -0.2) is 13.1 Å². The Labute approximate surface area is 122 Å². The summed E-state index contributed by atoms with van der Waals surface area (Å²) in [7, 11) is 0.371. The van der Waals surface area contributed by atoms with Gasteiger partial charge in [-0.05, 0) is 50.7 Å². The third-order valence-electron chi connectivity index (χ3n) is 2.85. The van der Waals surface area contributed by atoms with Gasteiger partial charge >= 0.3 is 0 Å². The lowest BCUT2D eigenvalue weighted by atomic mass is 10.0. The Hall–Kier alpha value is -1.11. The van der Waals surface area contributed by atoms with E-state index in [9.17, 15) is 8.42 Å². The van der Waals surface area contributed by atoms with Crippen LogP contribution in [0, 0.1) is 5.92 Å². The van der Waals surface area contributed by atoms with Gasteiger partial charge in [0.15, 0.2) is 0 Å². The van der Waals surface area contributed by atoms with Crippen LogP contribution in [0.1, 0.15) is 20.3 Å². The predicted octanol–water partition coefficient (Wildman–Crippen LogP) is 1.52. The average Bonchev–Trinajstić information content (AvgIpc) is 2.26. The van der Waals surface area contributed by atoms with Crippen molar-refractivity contribution in [1.29, 1.82) is 0 Å². The van der Waals surface area contributed by atoms with Crippen LogP contribution < -0.4 is 10.5 Å². The molecule has 0 amide bonds. The lowest BCUT2D eigenvalue weighted by Crippen LogP contribution is -2.42. The van der Waals surface area contributed by atoms with Crippen molar-refractivity contribution in [1.82, 2.24) is 9.62 Å². The molecule has 1 aromatic carbocycles.